The van der Waals surface area contributed by atoms with Crippen LogP contribution in [0.2, 0.25) is 0 Å². The Kier molecular flexibility index (Phi) is 1.77. The van der Waals surface area contributed by atoms with E-state index in [1.807, 2.05) is 0 Å². The number of carbonyl (C=O) groups excluding carboxylic acids is 1. The highest BCUT2D eigenvalue weighted by Gasteiger charge is 2.13. The number of ether oxygens (including phenoxy) is 2. The van der Waals surface area contributed by atoms with Gasteiger partial charge in [0.2, 0.25) is 6.79 Å². The highest BCUT2D eigenvalue weighted by Crippen LogP contribution is 2.33. The summed E-state index contributed by atoms with van der Waals surface area (Å²) >= 11 is 0. The maximum Gasteiger partial charge on any atom is 0.231 e. The highest BCUT2D eigenvalue weighted by atomic mass is 16.7. The zero-order valence-electron chi connectivity index (χ0n) is 6.95. The van der Waals surface area contributed by atoms with E-state index in [4.69, 9.17) is 9.47 Å². The van der Waals surface area contributed by atoms with Gasteiger partial charge in [0.15, 0.2) is 11.5 Å². The van der Waals surface area contributed by atoms with Crippen molar-refractivity contribution in [2.24, 2.45) is 0 Å². The number of fused-ring (bicyclic) bond motifs is 1. The van der Waals surface area contributed by atoms with Crippen molar-refractivity contribution < 1.29 is 14.3 Å². The molecule has 1 aliphatic heterocycles. The molecule has 66 valence electrons. The summed E-state index contributed by atoms with van der Waals surface area (Å²) in [5.41, 5.74) is 1.21. The largest absolute Gasteiger partial charge is 0.454 e. The van der Waals surface area contributed by atoms with Gasteiger partial charge in [0.05, 0.1) is 0 Å². The van der Waals surface area contributed by atoms with Gasteiger partial charge in [0.25, 0.3) is 0 Å². The summed E-state index contributed by atoms with van der Waals surface area (Å²) in [6, 6.07) is 5.30. The zero-order chi connectivity index (χ0) is 9.26. The number of hydrogen-bond donors (Lipinski definition) is 0. The fraction of sp³-hybridized carbons (Fsp3) is 0.100. The lowest BCUT2D eigenvalue weighted by Gasteiger charge is -1.99. The molecule has 0 N–H and O–H groups in total. The molecular weight excluding hydrogens is 168 g/mol. The summed E-state index contributed by atoms with van der Waals surface area (Å²) in [6.07, 6.45) is 0.720. The van der Waals surface area contributed by atoms with Crippen LogP contribution in [0, 0.1) is 0 Å². The number of carbonyl (C=O) groups is 1. The minimum absolute atomic E-state index is 0.242. The second-order valence-electron chi connectivity index (χ2n) is 2.71. The van der Waals surface area contributed by atoms with Gasteiger partial charge in [-0.15, -0.1) is 0 Å². The standard InChI is InChI=1S/C10H8O3/c1-7(5-11)8-2-3-9-10(4-8)13-6-12-9/h2-5H,1,6H2. The molecule has 0 saturated heterocycles. The maximum atomic E-state index is 10.4. The molecule has 0 spiro atoms. The predicted octanol–water partition coefficient (Wildman–Crippen LogP) is 1.63. The van der Waals surface area contributed by atoms with Crippen LogP contribution in [0.25, 0.3) is 5.57 Å². The molecule has 0 aromatic heterocycles. The van der Waals surface area contributed by atoms with Crippen molar-refractivity contribution in [3.8, 4) is 11.5 Å². The van der Waals surface area contributed by atoms with Crippen LogP contribution in [0.1, 0.15) is 5.56 Å². The van der Waals surface area contributed by atoms with Crippen LogP contribution in [-0.2, 0) is 4.79 Å². The van der Waals surface area contributed by atoms with E-state index in [2.05, 4.69) is 6.58 Å². The normalized spacial score (nSPS) is 12.6. The van der Waals surface area contributed by atoms with E-state index in [-0.39, 0.29) is 6.79 Å². The molecule has 1 aromatic rings. The van der Waals surface area contributed by atoms with Crippen LogP contribution in [-0.4, -0.2) is 13.1 Å². The minimum Gasteiger partial charge on any atom is -0.454 e. The molecule has 0 bridgehead atoms. The van der Waals surface area contributed by atoms with Crippen molar-refractivity contribution >= 4 is 11.9 Å². The quantitative estimate of drug-likeness (QED) is 0.507. The average molecular weight is 176 g/mol. The highest BCUT2D eigenvalue weighted by molar-refractivity contribution is 6.05. The second-order valence-corrected chi connectivity index (χ2v) is 2.71. The fourth-order valence-electron chi connectivity index (χ4n) is 1.16. The van der Waals surface area contributed by atoms with Crippen molar-refractivity contribution in [3.05, 3.63) is 30.3 Å². The maximum absolute atomic E-state index is 10.4. The van der Waals surface area contributed by atoms with Crippen LogP contribution >= 0.6 is 0 Å². The van der Waals surface area contributed by atoms with Gasteiger partial charge in [-0.3, -0.25) is 4.79 Å². The molecule has 0 atom stereocenters. The third-order valence-electron chi connectivity index (χ3n) is 1.89. The molecule has 1 heterocycles. The predicted molar refractivity (Wildman–Crippen MR) is 47.7 cm³/mol. The van der Waals surface area contributed by atoms with Gasteiger partial charge < -0.3 is 9.47 Å². The Hall–Kier alpha value is -1.77. The molecule has 3 heteroatoms. The van der Waals surface area contributed by atoms with Crippen molar-refractivity contribution in [3.63, 3.8) is 0 Å². The molecule has 0 radical (unpaired) electrons. The van der Waals surface area contributed by atoms with Crippen molar-refractivity contribution in [1.29, 1.82) is 0 Å². The van der Waals surface area contributed by atoms with E-state index in [9.17, 15) is 4.79 Å². The number of allylic oxidation sites excluding steroid dienone is 1. The Morgan fingerprint density at radius 2 is 2.15 bits per heavy atom. The second kappa shape index (κ2) is 2.94. The van der Waals surface area contributed by atoms with Crippen molar-refractivity contribution in [2.75, 3.05) is 6.79 Å². The van der Waals surface area contributed by atoms with Gasteiger partial charge in [-0.2, -0.15) is 0 Å². The first-order valence-corrected chi connectivity index (χ1v) is 3.85. The van der Waals surface area contributed by atoms with E-state index < -0.39 is 0 Å². The van der Waals surface area contributed by atoms with E-state index >= 15 is 0 Å². The summed E-state index contributed by atoms with van der Waals surface area (Å²) in [5, 5.41) is 0. The summed E-state index contributed by atoms with van der Waals surface area (Å²) < 4.78 is 10.3. The molecule has 0 fully saturated rings. The molecule has 0 aliphatic carbocycles. The molecule has 0 unspecified atom stereocenters. The molecule has 13 heavy (non-hydrogen) atoms. The lowest BCUT2D eigenvalue weighted by molar-refractivity contribution is -0.103. The monoisotopic (exact) mass is 176 g/mol. The number of rotatable bonds is 2. The van der Waals surface area contributed by atoms with Crippen molar-refractivity contribution in [1.82, 2.24) is 0 Å². The SMILES string of the molecule is C=C(C=O)c1ccc2c(c1)OCO2. The van der Waals surface area contributed by atoms with Gasteiger partial charge in [0.1, 0.15) is 6.29 Å². The van der Waals surface area contributed by atoms with Gasteiger partial charge in [0, 0.05) is 5.57 Å². The van der Waals surface area contributed by atoms with Crippen molar-refractivity contribution in [2.45, 2.75) is 0 Å². The Morgan fingerprint density at radius 1 is 1.38 bits per heavy atom. The summed E-state index contributed by atoms with van der Waals surface area (Å²) in [4.78, 5) is 10.4. The number of aldehydes is 1. The molecule has 3 nitrogen and oxygen atoms in total. The summed E-state index contributed by atoms with van der Waals surface area (Å²) in [6.45, 7) is 3.85. The lowest BCUT2D eigenvalue weighted by Crippen LogP contribution is -1.92. The Balaban J connectivity index is 2.41. The smallest absolute Gasteiger partial charge is 0.231 e. The van der Waals surface area contributed by atoms with E-state index in [0.717, 1.165) is 11.8 Å². The summed E-state index contributed by atoms with van der Waals surface area (Å²) in [7, 11) is 0. The first-order valence-electron chi connectivity index (χ1n) is 3.85. The molecule has 1 aliphatic rings. The van der Waals surface area contributed by atoms with Crippen LogP contribution in [0.4, 0.5) is 0 Å². The third-order valence-corrected chi connectivity index (χ3v) is 1.89. The topological polar surface area (TPSA) is 35.5 Å². The molecule has 0 amide bonds. The lowest BCUT2D eigenvalue weighted by atomic mass is 10.1. The minimum atomic E-state index is 0.242. The molecule has 1 aromatic carbocycles. The first kappa shape index (κ1) is 7.86. The van der Waals surface area contributed by atoms with E-state index in [0.29, 0.717) is 17.1 Å². The van der Waals surface area contributed by atoms with Crippen LogP contribution in [0.15, 0.2) is 24.8 Å². The third kappa shape index (κ3) is 1.28. The summed E-state index contributed by atoms with van der Waals surface area (Å²) in [5.74, 6) is 1.38. The first-order chi connectivity index (χ1) is 6.31. The zero-order valence-corrected chi connectivity index (χ0v) is 6.95. The van der Waals surface area contributed by atoms with Gasteiger partial charge in [-0.25, -0.2) is 0 Å². The van der Waals surface area contributed by atoms with Gasteiger partial charge in [-0.05, 0) is 17.7 Å². The van der Waals surface area contributed by atoms with Crippen LogP contribution in [0.5, 0.6) is 11.5 Å². The van der Waals surface area contributed by atoms with Crippen LogP contribution < -0.4 is 9.47 Å². The van der Waals surface area contributed by atoms with Gasteiger partial charge >= 0.3 is 0 Å². The van der Waals surface area contributed by atoms with E-state index in [1.54, 1.807) is 18.2 Å². The average Bonchev–Trinajstić information content (AvgIpc) is 2.63. The number of benzene rings is 1. The van der Waals surface area contributed by atoms with E-state index in [1.165, 1.54) is 0 Å². The molecule has 2 rings (SSSR count). The van der Waals surface area contributed by atoms with Crippen LogP contribution in [0.3, 0.4) is 0 Å². The Labute approximate surface area is 75.6 Å². The Bertz CT molecular complexity index is 368. The molecule has 0 saturated carbocycles. The van der Waals surface area contributed by atoms with Gasteiger partial charge in [-0.1, -0.05) is 12.6 Å². The fourth-order valence-corrected chi connectivity index (χ4v) is 1.16. The number of hydrogen-bond acceptors (Lipinski definition) is 3. The molecular formula is C10H8O3. The Morgan fingerprint density at radius 3 is 2.92 bits per heavy atom.